The van der Waals surface area contributed by atoms with Crippen LogP contribution >= 0.6 is 0 Å². The van der Waals surface area contributed by atoms with Crippen molar-refractivity contribution in [2.45, 2.75) is 188 Å². The van der Waals surface area contributed by atoms with Crippen LogP contribution in [-0.4, -0.2) is 135 Å². The smallest absolute Gasteiger partial charge is 0.329 e. The van der Waals surface area contributed by atoms with Crippen molar-refractivity contribution in [3.05, 3.63) is 42.2 Å². The Balaban J connectivity index is 2.29. The van der Waals surface area contributed by atoms with Crippen LogP contribution in [0.15, 0.2) is 36.5 Å². The summed E-state index contributed by atoms with van der Waals surface area (Å²) in [5, 5.41) is 27.0. The quantitative estimate of drug-likeness (QED) is 0.149. The fourth-order valence-electron chi connectivity index (χ4n) is 8.74. The molecular formula is C52H82N10O8. The summed E-state index contributed by atoms with van der Waals surface area (Å²) in [5.41, 5.74) is 1.09. The molecule has 18 heteroatoms. The highest BCUT2D eigenvalue weighted by Crippen LogP contribution is 2.22. The second kappa shape index (κ2) is 28.7. The Morgan fingerprint density at radius 3 is 1.67 bits per heavy atom. The number of rotatable bonds is 19. The first kappa shape index (κ1) is 58.5. The maximum absolute atomic E-state index is 15.0. The molecule has 6 amide bonds. The van der Waals surface area contributed by atoms with Crippen LogP contribution in [0.3, 0.4) is 0 Å². The van der Waals surface area contributed by atoms with Gasteiger partial charge >= 0.3 is 5.97 Å². The first-order chi connectivity index (χ1) is 33.1. The molecule has 2 heterocycles. The molecule has 0 bridgehead atoms. The molecule has 2 aromatic rings. The number of nitrogens with one attached hydrogen (secondary N) is 3. The minimum absolute atomic E-state index is 0.0393. The number of aromatic nitrogens is 3. The summed E-state index contributed by atoms with van der Waals surface area (Å²) in [6.07, 6.45) is 5.57. The zero-order valence-electron chi connectivity index (χ0n) is 43.9. The molecule has 18 nitrogen and oxygen atoms in total. The van der Waals surface area contributed by atoms with Crippen molar-refractivity contribution in [2.24, 2.45) is 23.7 Å². The minimum atomic E-state index is -1.50. The highest BCUT2D eigenvalue weighted by Gasteiger charge is 2.41. The second-order valence-corrected chi connectivity index (χ2v) is 20.3. The van der Waals surface area contributed by atoms with Crippen molar-refractivity contribution in [2.75, 3.05) is 21.1 Å². The molecule has 1 aromatic carbocycles. The van der Waals surface area contributed by atoms with Crippen molar-refractivity contribution in [3.63, 3.8) is 0 Å². The monoisotopic (exact) mass is 975 g/mol. The molecule has 1 aliphatic rings. The van der Waals surface area contributed by atoms with E-state index in [1.807, 2.05) is 77.9 Å². The maximum atomic E-state index is 15.0. The highest BCUT2D eigenvalue weighted by atomic mass is 16.5. The molecule has 3 N–H and O–H groups in total. The molecule has 1 aliphatic heterocycles. The number of cyclic esters (lactones) is 1. The zero-order chi connectivity index (χ0) is 52.2. The van der Waals surface area contributed by atoms with E-state index in [4.69, 9.17) is 4.74 Å². The van der Waals surface area contributed by atoms with Crippen LogP contribution in [0.5, 0.6) is 0 Å². The SMILES string of the molecule is CCCC[C@@H](C)C[C@@H]1NC(=O)[C@@H](CCC#N)OC(=O)[C@H](C)N(C)C(=O)[C@H](C[C@@H](C)CCCC)NC(=O)[C@H](Cc2cn(-c3ccccc3)nn2)N(C)C(=O)[C@H](CC(C)C)NC(=O)[C@H](CC(C)C)N(C)C1=O. The van der Waals surface area contributed by atoms with Gasteiger partial charge in [-0.2, -0.15) is 5.26 Å². The summed E-state index contributed by atoms with van der Waals surface area (Å²) in [7, 11) is 4.38. The van der Waals surface area contributed by atoms with Gasteiger partial charge in [-0.15, -0.1) is 5.10 Å². The van der Waals surface area contributed by atoms with Gasteiger partial charge in [-0.3, -0.25) is 28.8 Å². The maximum Gasteiger partial charge on any atom is 0.329 e. The molecule has 0 unspecified atom stereocenters. The van der Waals surface area contributed by atoms with Crippen molar-refractivity contribution >= 4 is 41.4 Å². The Bertz CT molecular complexity index is 2070. The predicted octanol–water partition coefficient (Wildman–Crippen LogP) is 5.52. The molecule has 0 aliphatic carbocycles. The van der Waals surface area contributed by atoms with Gasteiger partial charge in [0.1, 0.15) is 36.3 Å². The summed E-state index contributed by atoms with van der Waals surface area (Å²) in [4.78, 5) is 106. The van der Waals surface area contributed by atoms with E-state index in [1.54, 1.807) is 10.9 Å². The highest BCUT2D eigenvalue weighted by molar-refractivity contribution is 5.97. The number of hydrogen-bond donors (Lipinski definition) is 3. The number of likely N-dealkylation sites (N-methyl/N-ethyl adjacent to an activating group) is 3. The van der Waals surface area contributed by atoms with E-state index in [9.17, 15) is 38.8 Å². The van der Waals surface area contributed by atoms with Crippen molar-refractivity contribution in [1.82, 2.24) is 45.6 Å². The van der Waals surface area contributed by atoms with E-state index in [0.717, 1.165) is 49.1 Å². The number of esters is 1. The molecule has 388 valence electrons. The van der Waals surface area contributed by atoms with Gasteiger partial charge in [-0.25, -0.2) is 9.48 Å². The Morgan fingerprint density at radius 1 is 0.671 bits per heavy atom. The molecule has 1 aromatic heterocycles. The number of carbonyl (C=O) groups excluding carboxylic acids is 7. The minimum Gasteiger partial charge on any atom is -0.451 e. The number of para-hydroxylation sites is 1. The van der Waals surface area contributed by atoms with Gasteiger partial charge < -0.3 is 35.4 Å². The first-order valence-corrected chi connectivity index (χ1v) is 25.4. The van der Waals surface area contributed by atoms with Gasteiger partial charge in [0.15, 0.2) is 6.10 Å². The Kier molecular flexibility index (Phi) is 24.0. The summed E-state index contributed by atoms with van der Waals surface area (Å²) in [6, 6.07) is 4.16. The van der Waals surface area contributed by atoms with Crippen molar-refractivity contribution < 1.29 is 38.3 Å². The van der Waals surface area contributed by atoms with Gasteiger partial charge in [0.05, 0.1) is 23.6 Å². The number of hydrogen-bond acceptors (Lipinski definition) is 11. The predicted molar refractivity (Wildman–Crippen MR) is 266 cm³/mol. The van der Waals surface area contributed by atoms with Gasteiger partial charge in [0.2, 0.25) is 29.5 Å². The third-order valence-corrected chi connectivity index (χ3v) is 13.2. The summed E-state index contributed by atoms with van der Waals surface area (Å²) < 4.78 is 7.37. The van der Waals surface area contributed by atoms with Crippen molar-refractivity contribution in [3.8, 4) is 11.8 Å². The summed E-state index contributed by atoms with van der Waals surface area (Å²) >= 11 is 0. The van der Waals surface area contributed by atoms with Gasteiger partial charge in [0.25, 0.3) is 5.91 Å². The Hall–Kier alpha value is -5.86. The van der Waals surface area contributed by atoms with Crippen LogP contribution < -0.4 is 16.0 Å². The Morgan fingerprint density at radius 2 is 1.16 bits per heavy atom. The van der Waals surface area contributed by atoms with Crippen molar-refractivity contribution in [1.29, 1.82) is 5.26 Å². The summed E-state index contributed by atoms with van der Waals surface area (Å²) in [5.74, 6) is -5.04. The van der Waals surface area contributed by atoms with Crippen LogP contribution in [-0.2, 0) is 44.7 Å². The first-order valence-electron chi connectivity index (χ1n) is 25.4. The standard InChI is InChI=1S/C52H82N10O8/c1-13-15-21-35(7)29-41-49(66)59(10)37(9)52(69)70-45(25-20-26-53)48(65)56-42(30-36(8)22-16-14-2)51(68)60(11)43(28-34(5)6)46(63)54-40(27-33(3)4)50(67)61(12)44(47(64)55-41)31-38-32-62(58-57-38)39-23-18-17-19-24-39/h17-19,23-24,32-37,40-45H,13-16,20-22,25,27-31H2,1-12H3,(H,54,63)(H,55,64)(H,56,65)/t35-,36+,37-,40-,41-,42-,43-,44-,45+/m0/s1. The summed E-state index contributed by atoms with van der Waals surface area (Å²) in [6.45, 7) is 17.2. The van der Waals surface area contributed by atoms with E-state index in [2.05, 4.69) is 40.1 Å². The molecule has 0 saturated carbocycles. The average Bonchev–Trinajstić information content (AvgIpc) is 3.80. The fraction of sp³-hybridized carbons (Fsp3) is 0.692. The van der Waals surface area contributed by atoms with Gasteiger partial charge in [-0.1, -0.05) is 117 Å². The van der Waals surface area contributed by atoms with E-state index in [1.165, 1.54) is 37.9 Å². The zero-order valence-corrected chi connectivity index (χ0v) is 43.9. The van der Waals surface area contributed by atoms with E-state index in [-0.39, 0.29) is 68.6 Å². The van der Waals surface area contributed by atoms with Gasteiger partial charge in [0, 0.05) is 40.4 Å². The van der Waals surface area contributed by atoms with Gasteiger partial charge in [-0.05, 0) is 68.4 Å². The molecule has 3 rings (SSSR count). The van der Waals surface area contributed by atoms with E-state index < -0.39 is 83.8 Å². The normalized spacial score (nSPS) is 23.9. The lowest BCUT2D eigenvalue weighted by atomic mass is 9.94. The molecule has 0 radical (unpaired) electrons. The van der Waals surface area contributed by atoms with Crippen LogP contribution in [0, 0.1) is 35.0 Å². The third kappa shape index (κ3) is 17.5. The van der Waals surface area contributed by atoms with Crippen LogP contribution in [0.25, 0.3) is 5.69 Å². The topological polar surface area (TPSA) is 229 Å². The lowest BCUT2D eigenvalue weighted by Gasteiger charge is -2.35. The Labute approximate surface area is 416 Å². The van der Waals surface area contributed by atoms with E-state index >= 15 is 0 Å². The molecule has 1 fully saturated rings. The number of ether oxygens (including phenoxy) is 1. The molecule has 0 spiro atoms. The van der Waals surface area contributed by atoms with Crippen LogP contribution in [0.4, 0.5) is 0 Å². The average molecular weight is 975 g/mol. The lowest BCUT2D eigenvalue weighted by molar-refractivity contribution is -0.163. The molecule has 70 heavy (non-hydrogen) atoms. The lowest BCUT2D eigenvalue weighted by Crippen LogP contribution is -2.60. The molecule has 9 atom stereocenters. The number of nitriles is 1. The largest absolute Gasteiger partial charge is 0.451 e. The number of carbonyl (C=O) groups is 7. The third-order valence-electron chi connectivity index (χ3n) is 13.2. The number of unbranched alkanes of at least 4 members (excludes halogenated alkanes) is 2. The molecule has 1 saturated heterocycles. The van der Waals surface area contributed by atoms with E-state index in [0.29, 0.717) is 5.69 Å². The van der Waals surface area contributed by atoms with Crippen LogP contribution in [0.2, 0.25) is 0 Å². The fourth-order valence-corrected chi connectivity index (χ4v) is 8.74. The number of benzene rings is 1. The molecular weight excluding hydrogens is 893 g/mol. The van der Waals surface area contributed by atoms with Crippen LogP contribution in [0.1, 0.15) is 145 Å². The number of amides is 6. The second-order valence-electron chi connectivity index (χ2n) is 20.3. The number of nitrogens with zero attached hydrogens (tertiary/aromatic N) is 7.